The lowest BCUT2D eigenvalue weighted by molar-refractivity contribution is 0.353. The van der Waals surface area contributed by atoms with E-state index in [1.165, 1.54) is 16.7 Å². The highest BCUT2D eigenvalue weighted by atomic mass is 16.5. The van der Waals surface area contributed by atoms with Crippen molar-refractivity contribution in [1.82, 2.24) is 4.90 Å². The largest absolute Gasteiger partial charge is 0.497 e. The molecule has 0 bridgehead atoms. The lowest BCUT2D eigenvalue weighted by atomic mass is 9.97. The maximum absolute atomic E-state index is 5.49. The van der Waals surface area contributed by atoms with Gasteiger partial charge in [-0.15, -0.1) is 0 Å². The van der Waals surface area contributed by atoms with Crippen molar-refractivity contribution < 1.29 is 14.2 Å². The molecule has 0 saturated heterocycles. The van der Waals surface area contributed by atoms with Crippen molar-refractivity contribution in [2.24, 2.45) is 0 Å². The molecule has 0 heterocycles. The van der Waals surface area contributed by atoms with Gasteiger partial charge in [-0.1, -0.05) is 12.1 Å². The number of methoxy groups -OCH3 is 3. The Bertz CT molecular complexity index is 666. The first kappa shape index (κ1) is 19.1. The van der Waals surface area contributed by atoms with E-state index in [-0.39, 0.29) is 0 Å². The Morgan fingerprint density at radius 3 is 1.76 bits per heavy atom. The Morgan fingerprint density at radius 2 is 1.28 bits per heavy atom. The molecule has 0 atom stereocenters. The summed E-state index contributed by atoms with van der Waals surface area (Å²) < 4.78 is 16.2. The molecule has 2 aromatic rings. The molecule has 0 amide bonds. The Kier molecular flexibility index (Phi) is 7.14. The molecule has 4 heteroatoms. The van der Waals surface area contributed by atoms with E-state index >= 15 is 0 Å². The molecule has 136 valence electrons. The van der Waals surface area contributed by atoms with Gasteiger partial charge in [0, 0.05) is 6.54 Å². The molecule has 0 saturated carbocycles. The van der Waals surface area contributed by atoms with Crippen LogP contribution >= 0.6 is 0 Å². The van der Waals surface area contributed by atoms with Gasteiger partial charge in [0.2, 0.25) is 0 Å². The minimum absolute atomic E-state index is 0.792. The summed E-state index contributed by atoms with van der Waals surface area (Å²) in [4.78, 5) is 2.20. The monoisotopic (exact) mass is 343 g/mol. The van der Waals surface area contributed by atoms with Crippen LogP contribution < -0.4 is 14.2 Å². The van der Waals surface area contributed by atoms with E-state index in [9.17, 15) is 0 Å². The molecule has 0 aliphatic heterocycles. The quantitative estimate of drug-likeness (QED) is 0.696. The predicted molar refractivity (Wildman–Crippen MR) is 102 cm³/mol. The summed E-state index contributed by atoms with van der Waals surface area (Å²) in [5, 5.41) is 0. The summed E-state index contributed by atoms with van der Waals surface area (Å²) in [5.41, 5.74) is 3.93. The SMILES string of the molecule is COc1ccc(CCc2cc(OC)c(OC)cc2CCN(C)C)cc1. The molecular formula is C21H29NO3. The van der Waals surface area contributed by atoms with E-state index < -0.39 is 0 Å². The second-order valence-corrected chi connectivity index (χ2v) is 6.38. The first-order valence-corrected chi connectivity index (χ1v) is 8.58. The molecule has 25 heavy (non-hydrogen) atoms. The second kappa shape index (κ2) is 9.33. The zero-order valence-corrected chi connectivity index (χ0v) is 16.0. The summed E-state index contributed by atoms with van der Waals surface area (Å²) >= 11 is 0. The number of likely N-dealkylation sites (N-methyl/N-ethyl adjacent to an activating group) is 1. The average Bonchev–Trinajstić information content (AvgIpc) is 2.64. The highest BCUT2D eigenvalue weighted by Crippen LogP contribution is 2.31. The number of benzene rings is 2. The predicted octanol–water partition coefficient (Wildman–Crippen LogP) is 3.60. The molecular weight excluding hydrogens is 314 g/mol. The number of rotatable bonds is 9. The van der Waals surface area contributed by atoms with Crippen molar-refractivity contribution in [3.8, 4) is 17.2 Å². The molecule has 2 rings (SSSR count). The van der Waals surface area contributed by atoms with E-state index in [0.717, 1.165) is 43.1 Å². The molecule has 0 aliphatic rings. The molecule has 0 fully saturated rings. The van der Waals surface area contributed by atoms with Crippen LogP contribution in [0.1, 0.15) is 16.7 Å². The minimum Gasteiger partial charge on any atom is -0.497 e. The van der Waals surface area contributed by atoms with Gasteiger partial charge in [0.05, 0.1) is 21.3 Å². The van der Waals surface area contributed by atoms with Crippen molar-refractivity contribution in [2.45, 2.75) is 19.3 Å². The third kappa shape index (κ3) is 5.40. The number of aryl methyl sites for hydroxylation is 2. The standard InChI is InChI=1S/C21H29NO3/c1-22(2)13-12-18-15-21(25-5)20(24-4)14-17(18)9-6-16-7-10-19(23-3)11-8-16/h7-8,10-11,14-15H,6,9,12-13H2,1-5H3. The number of nitrogens with zero attached hydrogens (tertiary/aromatic N) is 1. The lowest BCUT2D eigenvalue weighted by Crippen LogP contribution is -2.16. The Balaban J connectivity index is 2.19. The van der Waals surface area contributed by atoms with Gasteiger partial charge in [-0.2, -0.15) is 0 Å². The van der Waals surface area contributed by atoms with E-state index in [1.54, 1.807) is 21.3 Å². The van der Waals surface area contributed by atoms with Crippen LogP contribution in [-0.4, -0.2) is 46.9 Å². The van der Waals surface area contributed by atoms with Crippen LogP contribution in [0.4, 0.5) is 0 Å². The first-order chi connectivity index (χ1) is 12.1. The topological polar surface area (TPSA) is 30.9 Å². The van der Waals surface area contributed by atoms with Gasteiger partial charge in [-0.25, -0.2) is 0 Å². The smallest absolute Gasteiger partial charge is 0.161 e. The molecule has 2 aromatic carbocycles. The lowest BCUT2D eigenvalue weighted by Gasteiger charge is -2.17. The van der Waals surface area contributed by atoms with Gasteiger partial charge in [0.15, 0.2) is 11.5 Å². The van der Waals surface area contributed by atoms with Crippen molar-refractivity contribution in [1.29, 1.82) is 0 Å². The Labute approximate surface area is 151 Å². The van der Waals surface area contributed by atoms with Crippen LogP contribution in [0.15, 0.2) is 36.4 Å². The van der Waals surface area contributed by atoms with Crippen LogP contribution in [-0.2, 0) is 19.3 Å². The van der Waals surface area contributed by atoms with E-state index in [2.05, 4.69) is 43.3 Å². The fourth-order valence-corrected chi connectivity index (χ4v) is 2.84. The minimum atomic E-state index is 0.792. The fourth-order valence-electron chi connectivity index (χ4n) is 2.84. The zero-order chi connectivity index (χ0) is 18.2. The normalized spacial score (nSPS) is 10.8. The van der Waals surface area contributed by atoms with E-state index in [0.29, 0.717) is 0 Å². The van der Waals surface area contributed by atoms with Crippen molar-refractivity contribution in [3.05, 3.63) is 53.1 Å². The average molecular weight is 343 g/mol. The molecule has 0 spiro atoms. The molecule has 0 N–H and O–H groups in total. The third-order valence-electron chi connectivity index (χ3n) is 4.38. The zero-order valence-electron chi connectivity index (χ0n) is 16.0. The summed E-state index contributed by atoms with van der Waals surface area (Å²) in [6.45, 7) is 1.00. The van der Waals surface area contributed by atoms with E-state index in [4.69, 9.17) is 14.2 Å². The number of ether oxygens (including phenoxy) is 3. The maximum atomic E-state index is 5.49. The summed E-state index contributed by atoms with van der Waals surface area (Å²) in [7, 11) is 9.25. The molecule has 0 radical (unpaired) electrons. The Morgan fingerprint density at radius 1 is 0.720 bits per heavy atom. The van der Waals surface area contributed by atoms with Gasteiger partial charge in [-0.05, 0) is 74.3 Å². The van der Waals surface area contributed by atoms with Gasteiger partial charge in [0.1, 0.15) is 5.75 Å². The highest BCUT2D eigenvalue weighted by molar-refractivity contribution is 5.48. The second-order valence-electron chi connectivity index (χ2n) is 6.38. The van der Waals surface area contributed by atoms with Crippen molar-refractivity contribution in [3.63, 3.8) is 0 Å². The molecule has 0 unspecified atom stereocenters. The van der Waals surface area contributed by atoms with Gasteiger partial charge < -0.3 is 19.1 Å². The highest BCUT2D eigenvalue weighted by Gasteiger charge is 2.12. The number of hydrogen-bond acceptors (Lipinski definition) is 4. The van der Waals surface area contributed by atoms with Crippen LogP contribution in [0.25, 0.3) is 0 Å². The number of hydrogen-bond donors (Lipinski definition) is 0. The molecule has 4 nitrogen and oxygen atoms in total. The van der Waals surface area contributed by atoms with E-state index in [1.807, 2.05) is 12.1 Å². The van der Waals surface area contributed by atoms with Crippen LogP contribution in [0.5, 0.6) is 17.2 Å². The summed E-state index contributed by atoms with van der Waals surface area (Å²) in [6, 6.07) is 12.5. The van der Waals surface area contributed by atoms with Gasteiger partial charge in [0.25, 0.3) is 0 Å². The van der Waals surface area contributed by atoms with Gasteiger partial charge in [-0.3, -0.25) is 0 Å². The first-order valence-electron chi connectivity index (χ1n) is 8.58. The van der Waals surface area contributed by atoms with Crippen molar-refractivity contribution in [2.75, 3.05) is 42.0 Å². The molecule has 0 aliphatic carbocycles. The Hall–Kier alpha value is -2.20. The molecule has 0 aromatic heterocycles. The van der Waals surface area contributed by atoms with Crippen LogP contribution in [0.2, 0.25) is 0 Å². The fraction of sp³-hybridized carbons (Fsp3) is 0.429. The summed E-state index contributed by atoms with van der Waals surface area (Å²) in [5.74, 6) is 2.48. The maximum Gasteiger partial charge on any atom is 0.161 e. The van der Waals surface area contributed by atoms with Crippen LogP contribution in [0.3, 0.4) is 0 Å². The third-order valence-corrected chi connectivity index (χ3v) is 4.38. The summed E-state index contributed by atoms with van der Waals surface area (Å²) in [6.07, 6.45) is 2.94. The van der Waals surface area contributed by atoms with Crippen molar-refractivity contribution >= 4 is 0 Å². The van der Waals surface area contributed by atoms with Gasteiger partial charge >= 0.3 is 0 Å². The van der Waals surface area contributed by atoms with Crippen LogP contribution in [0, 0.1) is 0 Å².